The third-order valence-electron chi connectivity index (χ3n) is 13.3. The van der Waals surface area contributed by atoms with E-state index in [-0.39, 0.29) is 5.57 Å². The van der Waals surface area contributed by atoms with Crippen LogP contribution in [0.4, 0.5) is 0 Å². The maximum Gasteiger partial charge on any atom is 0.302 e. The number of nitrogens with one attached hydrogen (secondary N) is 1. The van der Waals surface area contributed by atoms with Gasteiger partial charge in [0.25, 0.3) is 0 Å². The molecule has 0 bridgehead atoms. The number of carbonyl (C=O) groups excluding carboxylic acids is 1. The molecule has 0 amide bonds. The van der Waals surface area contributed by atoms with Gasteiger partial charge in [0.1, 0.15) is 123 Å². The second kappa shape index (κ2) is 24.0. The van der Waals surface area contributed by atoms with E-state index in [0.29, 0.717) is 0 Å². The summed E-state index contributed by atoms with van der Waals surface area (Å²) in [5.74, 6) is -1.85. The Hall–Kier alpha value is -1.87. The first-order valence-electron chi connectivity index (χ1n) is 22.4. The average molecular weight is 1010 g/mol. The van der Waals surface area contributed by atoms with Gasteiger partial charge < -0.3 is 139 Å². The predicted octanol–water partition coefficient (Wildman–Crippen LogP) is -11.1. The molecule has 5 saturated heterocycles. The minimum absolute atomic E-state index is 0.00355. The lowest BCUT2D eigenvalue weighted by Gasteiger charge is -2.50. The van der Waals surface area contributed by atoms with Gasteiger partial charge in [-0.1, -0.05) is 13.0 Å². The number of aliphatic hydroxyl groups excluding tert-OH is 17. The molecule has 6 aliphatic rings. The van der Waals surface area contributed by atoms with E-state index in [4.69, 9.17) is 47.4 Å². The molecular weight excluding hydrogens is 942 g/mol. The zero-order valence-corrected chi connectivity index (χ0v) is 37.4. The van der Waals surface area contributed by atoms with Crippen LogP contribution in [0.25, 0.3) is 0 Å². The third kappa shape index (κ3) is 11.9. The highest BCUT2D eigenvalue weighted by Crippen LogP contribution is 2.37. The number of ether oxygens (including phenoxy) is 10. The summed E-state index contributed by atoms with van der Waals surface area (Å²) in [5, 5.41) is 183. The molecule has 29 atom stereocenters. The number of carbonyl (C=O) groups is 1. The predicted molar refractivity (Wildman–Crippen MR) is 216 cm³/mol. The average Bonchev–Trinajstić information content (AvgIpc) is 3.32. The minimum Gasteiger partial charge on any atom is -0.463 e. The fourth-order valence-electron chi connectivity index (χ4n) is 9.23. The smallest absolute Gasteiger partial charge is 0.302 e. The SMILES string of the molecule is CC(=O)OCC1OC(OC2C(CO)OC(OC3C(CO)OC(OC4C(CO)OC(O)C(O)C4O)C(O)C3O)C(O)C2O)C(O)C(C)C1OC1OC(C)C(NC2C=C(CO)C(O)C(O)C2O)C(O)C1O. The number of esters is 1. The molecule has 18 N–H and O–H groups in total. The summed E-state index contributed by atoms with van der Waals surface area (Å²) in [5.41, 5.74) is -0.00355. The second-order valence-corrected chi connectivity index (χ2v) is 18.0. The van der Waals surface area contributed by atoms with Crippen LogP contribution in [0.15, 0.2) is 11.6 Å². The van der Waals surface area contributed by atoms with Gasteiger partial charge in [-0.05, 0) is 12.5 Å². The Bertz CT molecular complexity index is 1670. The Labute approximate surface area is 393 Å². The van der Waals surface area contributed by atoms with Crippen molar-refractivity contribution in [3.63, 3.8) is 0 Å². The first-order chi connectivity index (χ1) is 32.6. The molecule has 6 rings (SSSR count). The molecular formula is C40H67NO28. The molecule has 0 aromatic rings. The summed E-state index contributed by atoms with van der Waals surface area (Å²) < 4.78 is 56.7. The van der Waals surface area contributed by atoms with E-state index in [1.165, 1.54) is 19.9 Å². The van der Waals surface area contributed by atoms with Crippen molar-refractivity contribution in [2.75, 3.05) is 33.0 Å². The van der Waals surface area contributed by atoms with Crippen LogP contribution in [-0.2, 0) is 52.2 Å². The van der Waals surface area contributed by atoms with Gasteiger partial charge >= 0.3 is 5.97 Å². The summed E-state index contributed by atoms with van der Waals surface area (Å²) in [6, 6.07) is -2.25. The fourth-order valence-corrected chi connectivity index (χ4v) is 9.23. The Balaban J connectivity index is 1.10. The third-order valence-corrected chi connectivity index (χ3v) is 13.3. The first-order valence-corrected chi connectivity index (χ1v) is 22.4. The lowest BCUT2D eigenvalue weighted by Crippen LogP contribution is -2.68. The summed E-state index contributed by atoms with van der Waals surface area (Å²) >= 11 is 0. The van der Waals surface area contributed by atoms with Crippen molar-refractivity contribution in [1.82, 2.24) is 5.32 Å². The molecule has 1 aliphatic carbocycles. The van der Waals surface area contributed by atoms with Gasteiger partial charge in [-0.2, -0.15) is 0 Å². The van der Waals surface area contributed by atoms with Gasteiger partial charge in [-0.25, -0.2) is 0 Å². The van der Waals surface area contributed by atoms with Gasteiger partial charge in [-0.15, -0.1) is 0 Å². The Kier molecular flexibility index (Phi) is 19.6. The maximum atomic E-state index is 11.9. The van der Waals surface area contributed by atoms with Crippen LogP contribution in [0.2, 0.25) is 0 Å². The lowest BCUT2D eigenvalue weighted by atomic mass is 9.86. The van der Waals surface area contributed by atoms with Crippen molar-refractivity contribution in [2.24, 2.45) is 5.92 Å². The largest absolute Gasteiger partial charge is 0.463 e. The monoisotopic (exact) mass is 1010 g/mol. The van der Waals surface area contributed by atoms with Crippen LogP contribution in [0.1, 0.15) is 20.8 Å². The molecule has 5 aliphatic heterocycles. The quantitative estimate of drug-likeness (QED) is 0.0504. The van der Waals surface area contributed by atoms with Gasteiger partial charge in [0.2, 0.25) is 0 Å². The molecule has 5 heterocycles. The Morgan fingerprint density at radius 2 is 0.957 bits per heavy atom. The van der Waals surface area contributed by atoms with Crippen molar-refractivity contribution >= 4 is 5.97 Å². The van der Waals surface area contributed by atoms with Gasteiger partial charge in [-0.3, -0.25) is 4.79 Å². The second-order valence-electron chi connectivity index (χ2n) is 18.0. The number of hydrogen-bond acceptors (Lipinski definition) is 29. The number of hydrogen-bond donors (Lipinski definition) is 18. The van der Waals surface area contributed by atoms with Crippen LogP contribution in [0, 0.1) is 5.92 Å². The molecule has 0 spiro atoms. The van der Waals surface area contributed by atoms with Crippen molar-refractivity contribution in [3.8, 4) is 0 Å². The van der Waals surface area contributed by atoms with Gasteiger partial charge in [0, 0.05) is 12.8 Å². The fraction of sp³-hybridized carbons (Fsp3) is 0.925. The van der Waals surface area contributed by atoms with E-state index in [9.17, 15) is 91.6 Å². The van der Waals surface area contributed by atoms with E-state index in [1.807, 2.05) is 0 Å². The van der Waals surface area contributed by atoms with Crippen LogP contribution < -0.4 is 5.32 Å². The highest BCUT2D eigenvalue weighted by Gasteiger charge is 2.56. The number of rotatable bonds is 16. The van der Waals surface area contributed by atoms with Crippen molar-refractivity contribution in [2.45, 2.75) is 192 Å². The molecule has 0 aromatic carbocycles. The minimum atomic E-state index is -2.10. The molecule has 0 aromatic heterocycles. The van der Waals surface area contributed by atoms with Crippen LogP contribution in [-0.4, -0.2) is 298 Å². The highest BCUT2D eigenvalue weighted by molar-refractivity contribution is 5.65. The standard InChI is InChI=1S/C40H67NO28/c1-10-20(47)37(65-18(9-60-12(3)46)32(10)66-38-29(56)23(50)19(11(2)61-38)41-14-4-13(5-42)21(48)24(51)22(14)49)67-34-16(7-44)63-40(30(57)26(34)53)69-35-17(8-45)64-39(31(58)27(35)54)68-33-15(6-43)62-36(59)28(55)25(33)52/h4,10-11,14-45,47-59H,5-9H2,1-3H3. The maximum absolute atomic E-state index is 11.9. The summed E-state index contributed by atoms with van der Waals surface area (Å²) in [6.45, 7) is 0.0741. The van der Waals surface area contributed by atoms with E-state index in [1.54, 1.807) is 0 Å². The van der Waals surface area contributed by atoms with Gasteiger partial charge in [0.15, 0.2) is 31.5 Å². The normalized spacial score (nSPS) is 50.9. The van der Waals surface area contributed by atoms with Gasteiger partial charge in [0.05, 0.1) is 50.7 Å². The van der Waals surface area contributed by atoms with Crippen LogP contribution >= 0.6 is 0 Å². The van der Waals surface area contributed by atoms with Crippen molar-refractivity contribution < 1.29 is 139 Å². The van der Waals surface area contributed by atoms with E-state index < -0.39 is 217 Å². The Morgan fingerprint density at radius 3 is 1.45 bits per heavy atom. The van der Waals surface area contributed by atoms with E-state index in [2.05, 4.69) is 5.32 Å². The zero-order chi connectivity index (χ0) is 50.9. The van der Waals surface area contributed by atoms with Crippen LogP contribution in [0.3, 0.4) is 0 Å². The van der Waals surface area contributed by atoms with Crippen molar-refractivity contribution in [3.05, 3.63) is 11.6 Å². The van der Waals surface area contributed by atoms with E-state index >= 15 is 0 Å². The molecule has 400 valence electrons. The molecule has 29 unspecified atom stereocenters. The molecule has 0 saturated carbocycles. The Morgan fingerprint density at radius 1 is 0.522 bits per heavy atom. The molecule has 5 fully saturated rings. The highest BCUT2D eigenvalue weighted by atomic mass is 16.8. The zero-order valence-electron chi connectivity index (χ0n) is 37.4. The summed E-state index contributed by atoms with van der Waals surface area (Å²) in [4.78, 5) is 11.9. The number of aliphatic hydroxyl groups is 17. The summed E-state index contributed by atoms with van der Waals surface area (Å²) in [6.07, 6.45) is -43.4. The summed E-state index contributed by atoms with van der Waals surface area (Å²) in [7, 11) is 0. The molecule has 29 nitrogen and oxygen atoms in total. The van der Waals surface area contributed by atoms with Crippen LogP contribution in [0.5, 0.6) is 0 Å². The molecule has 0 radical (unpaired) electrons. The molecule has 29 heteroatoms. The van der Waals surface area contributed by atoms with E-state index in [0.717, 1.165) is 6.92 Å². The first kappa shape index (κ1) is 56.4. The lowest BCUT2D eigenvalue weighted by molar-refractivity contribution is -0.389. The molecule has 69 heavy (non-hydrogen) atoms. The van der Waals surface area contributed by atoms with Crippen molar-refractivity contribution in [1.29, 1.82) is 0 Å². The topological polar surface area (TPSA) is 465 Å².